The van der Waals surface area contributed by atoms with E-state index in [1.807, 2.05) is 66.7 Å². The van der Waals surface area contributed by atoms with E-state index < -0.39 is 0 Å². The van der Waals surface area contributed by atoms with E-state index in [-0.39, 0.29) is 18.9 Å². The number of methoxy groups -OCH3 is 2. The number of amides is 2. The fourth-order valence-electron chi connectivity index (χ4n) is 3.77. The molecule has 0 bridgehead atoms. The van der Waals surface area contributed by atoms with Crippen molar-refractivity contribution in [1.82, 2.24) is 10.6 Å². The van der Waals surface area contributed by atoms with E-state index in [0.29, 0.717) is 19.4 Å². The second kappa shape index (κ2) is 10.6. The van der Waals surface area contributed by atoms with Crippen molar-refractivity contribution in [3.05, 3.63) is 83.4 Å². The Balaban J connectivity index is 1.43. The highest BCUT2D eigenvalue weighted by atomic mass is 16.7. The van der Waals surface area contributed by atoms with Gasteiger partial charge in [-0.3, -0.25) is 0 Å². The van der Waals surface area contributed by atoms with Gasteiger partial charge in [0.2, 0.25) is 6.79 Å². The molecule has 0 saturated heterocycles. The van der Waals surface area contributed by atoms with Gasteiger partial charge in [-0.2, -0.15) is 0 Å². The summed E-state index contributed by atoms with van der Waals surface area (Å²) in [5.74, 6) is 3.04. The third-order valence-corrected chi connectivity index (χ3v) is 5.48. The van der Waals surface area contributed by atoms with Gasteiger partial charge in [-0.25, -0.2) is 4.79 Å². The number of ether oxygens (including phenoxy) is 4. The summed E-state index contributed by atoms with van der Waals surface area (Å²) in [7, 11) is 3.27. The molecule has 4 rings (SSSR count). The Bertz CT molecular complexity index is 1080. The van der Waals surface area contributed by atoms with Gasteiger partial charge in [0.1, 0.15) is 11.5 Å². The minimum absolute atomic E-state index is 0.121. The molecule has 33 heavy (non-hydrogen) atoms. The van der Waals surface area contributed by atoms with Crippen LogP contribution in [0.15, 0.2) is 66.7 Å². The van der Waals surface area contributed by atoms with Crippen LogP contribution in [-0.4, -0.2) is 33.1 Å². The van der Waals surface area contributed by atoms with Crippen molar-refractivity contribution in [2.24, 2.45) is 0 Å². The number of hydrogen-bond donors (Lipinski definition) is 2. The SMILES string of the molecule is COc1ccc(C[C@H](Cc2ccc3c(c2)OCO3)NC(=O)NCc2cccc(OC)c2)cc1. The molecule has 0 unspecified atom stereocenters. The first-order valence-electron chi connectivity index (χ1n) is 10.8. The van der Waals surface area contributed by atoms with Crippen LogP contribution in [-0.2, 0) is 19.4 Å². The summed E-state index contributed by atoms with van der Waals surface area (Å²) in [6, 6.07) is 21.1. The van der Waals surface area contributed by atoms with E-state index in [1.54, 1.807) is 14.2 Å². The van der Waals surface area contributed by atoms with Gasteiger partial charge in [0, 0.05) is 12.6 Å². The molecular weight excluding hydrogens is 420 g/mol. The minimum Gasteiger partial charge on any atom is -0.497 e. The average Bonchev–Trinajstić information content (AvgIpc) is 3.31. The molecule has 2 N–H and O–H groups in total. The summed E-state index contributed by atoms with van der Waals surface area (Å²) >= 11 is 0. The van der Waals surface area contributed by atoms with Crippen molar-refractivity contribution in [2.75, 3.05) is 21.0 Å². The molecule has 0 spiro atoms. The highest BCUT2D eigenvalue weighted by Crippen LogP contribution is 2.33. The molecule has 0 radical (unpaired) electrons. The maximum absolute atomic E-state index is 12.7. The number of benzene rings is 3. The Morgan fingerprint density at radius 1 is 0.848 bits per heavy atom. The number of fused-ring (bicyclic) bond motifs is 1. The molecule has 0 aliphatic carbocycles. The van der Waals surface area contributed by atoms with E-state index in [2.05, 4.69) is 10.6 Å². The van der Waals surface area contributed by atoms with Gasteiger partial charge in [0.25, 0.3) is 0 Å². The number of rotatable bonds is 9. The third kappa shape index (κ3) is 6.10. The van der Waals surface area contributed by atoms with Gasteiger partial charge in [0.15, 0.2) is 11.5 Å². The Morgan fingerprint density at radius 3 is 2.36 bits per heavy atom. The molecule has 1 heterocycles. The van der Waals surface area contributed by atoms with E-state index in [9.17, 15) is 4.79 Å². The Kier molecular flexibility index (Phi) is 7.19. The second-order valence-corrected chi connectivity index (χ2v) is 7.82. The Morgan fingerprint density at radius 2 is 1.58 bits per heavy atom. The quantitative estimate of drug-likeness (QED) is 0.516. The number of carbonyl (C=O) groups excluding carboxylic acids is 1. The van der Waals surface area contributed by atoms with Crippen LogP contribution < -0.4 is 29.6 Å². The van der Waals surface area contributed by atoms with Gasteiger partial charge < -0.3 is 29.6 Å². The molecule has 1 aliphatic heterocycles. The van der Waals surface area contributed by atoms with Crippen molar-refractivity contribution in [3.8, 4) is 23.0 Å². The predicted molar refractivity (Wildman–Crippen MR) is 125 cm³/mol. The van der Waals surface area contributed by atoms with Crippen molar-refractivity contribution in [1.29, 1.82) is 0 Å². The van der Waals surface area contributed by atoms with Crippen molar-refractivity contribution in [3.63, 3.8) is 0 Å². The zero-order valence-corrected chi connectivity index (χ0v) is 18.8. The van der Waals surface area contributed by atoms with E-state index in [4.69, 9.17) is 18.9 Å². The van der Waals surface area contributed by atoms with Crippen LogP contribution in [0.1, 0.15) is 16.7 Å². The molecule has 3 aromatic rings. The van der Waals surface area contributed by atoms with Crippen LogP contribution in [0.2, 0.25) is 0 Å². The number of urea groups is 1. The van der Waals surface area contributed by atoms with Crippen molar-refractivity contribution >= 4 is 6.03 Å². The van der Waals surface area contributed by atoms with E-state index in [1.165, 1.54) is 0 Å². The number of carbonyl (C=O) groups is 1. The minimum atomic E-state index is -0.225. The van der Waals surface area contributed by atoms with Crippen LogP contribution >= 0.6 is 0 Å². The molecular formula is C26H28N2O5. The van der Waals surface area contributed by atoms with Gasteiger partial charge in [-0.1, -0.05) is 30.3 Å². The first-order valence-corrected chi connectivity index (χ1v) is 10.8. The standard InChI is InChI=1S/C26H28N2O5/c1-30-22-9-6-18(7-10-22)12-21(13-19-8-11-24-25(15-19)33-17-32-24)28-26(29)27-16-20-4-3-5-23(14-20)31-2/h3-11,14-15,21H,12-13,16-17H2,1-2H3,(H2,27,28,29)/t21-/m1/s1. The Hall–Kier alpha value is -3.87. The van der Waals surface area contributed by atoms with Gasteiger partial charge in [-0.15, -0.1) is 0 Å². The van der Waals surface area contributed by atoms with Crippen molar-refractivity contribution in [2.45, 2.75) is 25.4 Å². The molecule has 0 fully saturated rings. The molecule has 7 nitrogen and oxygen atoms in total. The van der Waals surface area contributed by atoms with Crippen molar-refractivity contribution < 1.29 is 23.7 Å². The lowest BCUT2D eigenvalue weighted by Gasteiger charge is -2.20. The van der Waals surface area contributed by atoms with Crippen LogP contribution in [0.5, 0.6) is 23.0 Å². The summed E-state index contributed by atoms with van der Waals surface area (Å²) in [6.45, 7) is 0.640. The molecule has 0 aromatic heterocycles. The molecule has 1 atom stereocenters. The largest absolute Gasteiger partial charge is 0.497 e. The van der Waals surface area contributed by atoms with Gasteiger partial charge >= 0.3 is 6.03 Å². The summed E-state index contributed by atoms with van der Waals surface area (Å²) in [5, 5.41) is 6.07. The first-order chi connectivity index (χ1) is 16.1. The number of hydrogen-bond acceptors (Lipinski definition) is 5. The highest BCUT2D eigenvalue weighted by Gasteiger charge is 2.18. The second-order valence-electron chi connectivity index (χ2n) is 7.82. The fraction of sp³-hybridized carbons (Fsp3) is 0.269. The topological polar surface area (TPSA) is 78.0 Å². The van der Waals surface area contributed by atoms with Crippen LogP contribution in [0.3, 0.4) is 0 Å². The smallest absolute Gasteiger partial charge is 0.315 e. The normalized spacial score (nSPS) is 12.7. The zero-order chi connectivity index (χ0) is 23.0. The summed E-state index contributed by atoms with van der Waals surface area (Å²) in [5.41, 5.74) is 3.13. The lowest BCUT2D eigenvalue weighted by atomic mass is 9.98. The van der Waals surface area contributed by atoms with E-state index >= 15 is 0 Å². The lowest BCUT2D eigenvalue weighted by Crippen LogP contribution is -2.43. The maximum atomic E-state index is 12.7. The first kappa shape index (κ1) is 22.3. The summed E-state index contributed by atoms with van der Waals surface area (Å²) < 4.78 is 21.4. The average molecular weight is 449 g/mol. The van der Waals surface area contributed by atoms with Crippen LogP contribution in [0, 0.1) is 0 Å². The molecule has 2 amide bonds. The van der Waals surface area contributed by atoms with E-state index in [0.717, 1.165) is 39.7 Å². The Labute approximate surface area is 193 Å². The number of nitrogens with one attached hydrogen (secondary N) is 2. The molecule has 7 heteroatoms. The maximum Gasteiger partial charge on any atom is 0.315 e. The lowest BCUT2D eigenvalue weighted by molar-refractivity contribution is 0.174. The molecule has 1 aliphatic rings. The summed E-state index contributed by atoms with van der Waals surface area (Å²) in [4.78, 5) is 12.7. The predicted octanol–water partition coefficient (Wildman–Crippen LogP) is 4.09. The summed E-state index contributed by atoms with van der Waals surface area (Å²) in [6.07, 6.45) is 1.32. The highest BCUT2D eigenvalue weighted by molar-refractivity contribution is 5.74. The molecule has 3 aromatic carbocycles. The third-order valence-electron chi connectivity index (χ3n) is 5.48. The van der Waals surface area contributed by atoms with Crippen LogP contribution in [0.25, 0.3) is 0 Å². The molecule has 0 saturated carbocycles. The molecule has 172 valence electrons. The van der Waals surface area contributed by atoms with Gasteiger partial charge in [0.05, 0.1) is 14.2 Å². The monoisotopic (exact) mass is 448 g/mol. The van der Waals surface area contributed by atoms with Gasteiger partial charge in [-0.05, 0) is 65.9 Å². The zero-order valence-electron chi connectivity index (χ0n) is 18.8. The fourth-order valence-corrected chi connectivity index (χ4v) is 3.77. The van der Waals surface area contributed by atoms with Crippen LogP contribution in [0.4, 0.5) is 4.79 Å².